The lowest BCUT2D eigenvalue weighted by molar-refractivity contribution is -0.118. The maximum atomic E-state index is 11.5. The SMILES string of the molecule is Cc1ccc(OCC(=O)Nc2ncc[nH]2)cc1C. The molecule has 0 aliphatic heterocycles. The summed E-state index contributed by atoms with van der Waals surface area (Å²) in [6, 6.07) is 5.73. The largest absolute Gasteiger partial charge is 0.484 e. The summed E-state index contributed by atoms with van der Waals surface area (Å²) >= 11 is 0. The minimum atomic E-state index is -0.247. The van der Waals surface area contributed by atoms with Crippen LogP contribution in [-0.2, 0) is 4.79 Å². The minimum Gasteiger partial charge on any atom is -0.484 e. The number of rotatable bonds is 4. The van der Waals surface area contributed by atoms with Crippen molar-refractivity contribution in [2.45, 2.75) is 13.8 Å². The molecule has 0 bridgehead atoms. The van der Waals surface area contributed by atoms with Gasteiger partial charge in [0.15, 0.2) is 6.61 Å². The van der Waals surface area contributed by atoms with Crippen LogP contribution < -0.4 is 10.1 Å². The zero-order valence-corrected chi connectivity index (χ0v) is 10.4. The molecule has 2 aromatic rings. The lowest BCUT2D eigenvalue weighted by Gasteiger charge is -2.07. The fourth-order valence-corrected chi connectivity index (χ4v) is 1.45. The molecule has 1 aromatic heterocycles. The van der Waals surface area contributed by atoms with Gasteiger partial charge in [-0.3, -0.25) is 10.1 Å². The Morgan fingerprint density at radius 1 is 1.39 bits per heavy atom. The predicted molar refractivity (Wildman–Crippen MR) is 68.6 cm³/mol. The average Bonchev–Trinajstić information content (AvgIpc) is 2.83. The Balaban J connectivity index is 1.87. The van der Waals surface area contributed by atoms with E-state index < -0.39 is 0 Å². The molecule has 1 amide bonds. The summed E-state index contributed by atoms with van der Waals surface area (Å²) in [4.78, 5) is 18.2. The second-order valence-electron chi connectivity index (χ2n) is 4.02. The van der Waals surface area contributed by atoms with Crippen LogP contribution in [0.5, 0.6) is 5.75 Å². The van der Waals surface area contributed by atoms with Gasteiger partial charge in [-0.15, -0.1) is 0 Å². The molecule has 1 aromatic carbocycles. The fraction of sp³-hybridized carbons (Fsp3) is 0.231. The third-order valence-electron chi connectivity index (χ3n) is 2.60. The molecule has 5 nitrogen and oxygen atoms in total. The number of H-pyrrole nitrogens is 1. The molecule has 0 radical (unpaired) electrons. The first-order chi connectivity index (χ1) is 8.65. The van der Waals surface area contributed by atoms with Gasteiger partial charge in [0.05, 0.1) is 0 Å². The average molecular weight is 245 g/mol. The van der Waals surface area contributed by atoms with Gasteiger partial charge in [-0.2, -0.15) is 0 Å². The number of ether oxygens (including phenoxy) is 1. The van der Waals surface area contributed by atoms with Gasteiger partial charge in [0.1, 0.15) is 5.75 Å². The number of imidazole rings is 1. The number of benzene rings is 1. The smallest absolute Gasteiger partial charge is 0.264 e. The lowest BCUT2D eigenvalue weighted by Crippen LogP contribution is -2.20. The Morgan fingerprint density at radius 3 is 2.89 bits per heavy atom. The Kier molecular flexibility index (Phi) is 3.62. The molecule has 5 heteroatoms. The number of nitrogens with zero attached hydrogens (tertiary/aromatic N) is 1. The van der Waals surface area contributed by atoms with E-state index in [1.165, 1.54) is 5.56 Å². The summed E-state index contributed by atoms with van der Waals surface area (Å²) in [7, 11) is 0. The van der Waals surface area contributed by atoms with Gasteiger partial charge in [-0.25, -0.2) is 4.98 Å². The normalized spacial score (nSPS) is 10.1. The summed E-state index contributed by atoms with van der Waals surface area (Å²) in [5.41, 5.74) is 2.33. The van der Waals surface area contributed by atoms with E-state index in [-0.39, 0.29) is 12.5 Å². The van der Waals surface area contributed by atoms with Crippen LogP contribution in [0.2, 0.25) is 0 Å². The molecule has 0 saturated heterocycles. The molecular formula is C13H15N3O2. The first-order valence-electron chi connectivity index (χ1n) is 5.64. The molecule has 0 fully saturated rings. The second-order valence-corrected chi connectivity index (χ2v) is 4.02. The molecular weight excluding hydrogens is 230 g/mol. The summed E-state index contributed by atoms with van der Waals surface area (Å²) in [6.45, 7) is 4.00. The molecule has 0 aliphatic carbocycles. The zero-order valence-electron chi connectivity index (χ0n) is 10.4. The van der Waals surface area contributed by atoms with Crippen LogP contribution in [-0.4, -0.2) is 22.5 Å². The Morgan fingerprint density at radius 2 is 2.22 bits per heavy atom. The molecule has 2 rings (SSSR count). The molecule has 0 saturated carbocycles. The van der Waals surface area contributed by atoms with Gasteiger partial charge in [-0.05, 0) is 37.1 Å². The van der Waals surface area contributed by atoms with Crippen molar-refractivity contribution in [2.24, 2.45) is 0 Å². The van der Waals surface area contributed by atoms with Crippen molar-refractivity contribution in [3.8, 4) is 5.75 Å². The number of aromatic nitrogens is 2. The van der Waals surface area contributed by atoms with Crippen molar-refractivity contribution in [3.05, 3.63) is 41.7 Å². The van der Waals surface area contributed by atoms with Crippen molar-refractivity contribution < 1.29 is 9.53 Å². The van der Waals surface area contributed by atoms with Crippen LogP contribution in [0.3, 0.4) is 0 Å². The van der Waals surface area contributed by atoms with E-state index >= 15 is 0 Å². The number of hydrogen-bond donors (Lipinski definition) is 2. The Labute approximate surface area is 105 Å². The predicted octanol–water partition coefficient (Wildman–Crippen LogP) is 2.04. The van der Waals surface area contributed by atoms with Crippen LogP contribution in [0.15, 0.2) is 30.6 Å². The van der Waals surface area contributed by atoms with Crippen molar-refractivity contribution in [3.63, 3.8) is 0 Å². The number of carbonyl (C=O) groups is 1. The maximum Gasteiger partial charge on any atom is 0.264 e. The molecule has 0 aliphatic rings. The summed E-state index contributed by atoms with van der Waals surface area (Å²) in [5, 5.41) is 2.59. The standard InChI is InChI=1S/C13H15N3O2/c1-9-3-4-11(7-10(9)2)18-8-12(17)16-13-14-5-6-15-13/h3-7H,8H2,1-2H3,(H2,14,15,16,17). The van der Waals surface area contributed by atoms with Crippen molar-refractivity contribution >= 4 is 11.9 Å². The van der Waals surface area contributed by atoms with Crippen LogP contribution in [0.25, 0.3) is 0 Å². The topological polar surface area (TPSA) is 67.0 Å². The molecule has 2 N–H and O–H groups in total. The van der Waals surface area contributed by atoms with Crippen molar-refractivity contribution in [1.82, 2.24) is 9.97 Å². The third-order valence-corrected chi connectivity index (χ3v) is 2.60. The minimum absolute atomic E-state index is 0.0385. The molecule has 94 valence electrons. The van der Waals surface area contributed by atoms with E-state index in [1.54, 1.807) is 12.4 Å². The first kappa shape index (κ1) is 12.2. The Bertz CT molecular complexity index is 535. The van der Waals surface area contributed by atoms with Crippen LogP contribution in [0.4, 0.5) is 5.95 Å². The van der Waals surface area contributed by atoms with Crippen molar-refractivity contribution in [1.29, 1.82) is 0 Å². The maximum absolute atomic E-state index is 11.5. The van der Waals surface area contributed by atoms with E-state index in [0.717, 1.165) is 5.56 Å². The van der Waals surface area contributed by atoms with Crippen LogP contribution >= 0.6 is 0 Å². The highest BCUT2D eigenvalue weighted by atomic mass is 16.5. The van der Waals surface area contributed by atoms with Gasteiger partial charge < -0.3 is 9.72 Å². The number of anilines is 1. The summed E-state index contributed by atoms with van der Waals surface area (Å²) in [5.74, 6) is 0.861. The van der Waals surface area contributed by atoms with Crippen molar-refractivity contribution in [2.75, 3.05) is 11.9 Å². The third kappa shape index (κ3) is 3.10. The number of nitrogens with one attached hydrogen (secondary N) is 2. The number of aromatic amines is 1. The molecule has 1 heterocycles. The van der Waals surface area contributed by atoms with Gasteiger partial charge >= 0.3 is 0 Å². The molecule has 0 atom stereocenters. The van der Waals surface area contributed by atoms with Crippen LogP contribution in [0.1, 0.15) is 11.1 Å². The van der Waals surface area contributed by atoms with Gasteiger partial charge in [0.25, 0.3) is 5.91 Å². The number of aryl methyl sites for hydroxylation is 2. The summed E-state index contributed by atoms with van der Waals surface area (Å²) in [6.07, 6.45) is 3.21. The lowest BCUT2D eigenvalue weighted by atomic mass is 10.1. The zero-order chi connectivity index (χ0) is 13.0. The summed E-state index contributed by atoms with van der Waals surface area (Å²) < 4.78 is 5.40. The molecule has 0 spiro atoms. The monoisotopic (exact) mass is 245 g/mol. The number of hydrogen-bond acceptors (Lipinski definition) is 3. The Hall–Kier alpha value is -2.30. The highest BCUT2D eigenvalue weighted by molar-refractivity contribution is 5.90. The van der Waals surface area contributed by atoms with E-state index in [0.29, 0.717) is 11.7 Å². The van der Waals surface area contributed by atoms with Crippen LogP contribution in [0, 0.1) is 13.8 Å². The fourth-order valence-electron chi connectivity index (χ4n) is 1.45. The quantitative estimate of drug-likeness (QED) is 0.866. The molecule has 18 heavy (non-hydrogen) atoms. The van der Waals surface area contributed by atoms with Gasteiger partial charge in [-0.1, -0.05) is 6.07 Å². The number of amides is 1. The van der Waals surface area contributed by atoms with Gasteiger partial charge in [0.2, 0.25) is 5.95 Å². The van der Waals surface area contributed by atoms with E-state index in [4.69, 9.17) is 4.74 Å². The number of carbonyl (C=O) groups excluding carboxylic acids is 1. The molecule has 0 unspecified atom stereocenters. The van der Waals surface area contributed by atoms with E-state index in [9.17, 15) is 4.79 Å². The highest BCUT2D eigenvalue weighted by Gasteiger charge is 2.05. The first-order valence-corrected chi connectivity index (χ1v) is 5.64. The van der Waals surface area contributed by atoms with E-state index in [1.807, 2.05) is 32.0 Å². The van der Waals surface area contributed by atoms with E-state index in [2.05, 4.69) is 15.3 Å². The van der Waals surface area contributed by atoms with Gasteiger partial charge in [0, 0.05) is 12.4 Å². The second kappa shape index (κ2) is 5.35. The highest BCUT2D eigenvalue weighted by Crippen LogP contribution is 2.16.